The van der Waals surface area contributed by atoms with Crippen LogP contribution in [0.25, 0.3) is 0 Å². The van der Waals surface area contributed by atoms with Crippen molar-refractivity contribution in [3.63, 3.8) is 0 Å². The van der Waals surface area contributed by atoms with Crippen molar-refractivity contribution in [3.8, 4) is 0 Å². The molecule has 1 atom stereocenters. The van der Waals surface area contributed by atoms with Gasteiger partial charge in [-0.1, -0.05) is 26.0 Å². The number of piperidine rings is 1. The maximum absolute atomic E-state index is 14.3. The fourth-order valence-corrected chi connectivity index (χ4v) is 6.44. The summed E-state index contributed by atoms with van der Waals surface area (Å²) < 4.78 is 14.3. The molecule has 1 aromatic carbocycles. The number of fused-ring (bicyclic) bond motifs is 1. The van der Waals surface area contributed by atoms with E-state index in [1.807, 2.05) is 49.8 Å². The topological polar surface area (TPSA) is 69.6 Å². The van der Waals surface area contributed by atoms with E-state index >= 15 is 0 Å². The lowest BCUT2D eigenvalue weighted by atomic mass is 9.70. The van der Waals surface area contributed by atoms with Crippen LogP contribution in [0.1, 0.15) is 60.4 Å². The second-order valence-electron chi connectivity index (χ2n) is 11.5. The van der Waals surface area contributed by atoms with Gasteiger partial charge in [-0.2, -0.15) is 0 Å². The van der Waals surface area contributed by atoms with Crippen LogP contribution in [0.5, 0.6) is 0 Å². The van der Waals surface area contributed by atoms with Gasteiger partial charge < -0.3 is 9.80 Å². The molecule has 1 aromatic heterocycles. The largest absolute Gasteiger partial charge is 0.342 e. The smallest absolute Gasteiger partial charge is 0.261 e. The van der Waals surface area contributed by atoms with Crippen LogP contribution in [0, 0.1) is 31.5 Å². The minimum Gasteiger partial charge on any atom is -0.342 e. The number of halogens is 1. The zero-order valence-electron chi connectivity index (χ0n) is 22.9. The Hall–Kier alpha value is -3.13. The molecule has 38 heavy (non-hydrogen) atoms. The average molecular weight is 520 g/mol. The number of nitrogens with zero attached hydrogens (tertiary/aromatic N) is 5. The first-order valence-corrected chi connectivity index (χ1v) is 13.7. The van der Waals surface area contributed by atoms with Crippen molar-refractivity contribution in [3.05, 3.63) is 70.7 Å². The van der Waals surface area contributed by atoms with E-state index in [0.717, 1.165) is 44.5 Å². The van der Waals surface area contributed by atoms with E-state index in [2.05, 4.69) is 14.9 Å². The molecule has 3 aliphatic rings. The molecule has 2 amide bonds. The molecule has 2 fully saturated rings. The molecular weight excluding hydrogens is 481 g/mol. The summed E-state index contributed by atoms with van der Waals surface area (Å²) in [5, 5.41) is 0. The fraction of sp³-hybridized carbons (Fsp3) is 0.533. The third kappa shape index (κ3) is 5.10. The van der Waals surface area contributed by atoms with Crippen molar-refractivity contribution in [1.29, 1.82) is 0 Å². The Morgan fingerprint density at radius 2 is 1.82 bits per heavy atom. The van der Waals surface area contributed by atoms with Crippen LogP contribution in [-0.2, 0) is 10.2 Å². The van der Waals surface area contributed by atoms with E-state index in [1.54, 1.807) is 12.1 Å². The summed E-state index contributed by atoms with van der Waals surface area (Å²) in [5.74, 6) is 0.287. The maximum atomic E-state index is 14.3. The van der Waals surface area contributed by atoms with Gasteiger partial charge in [0.25, 0.3) is 5.91 Å². The van der Waals surface area contributed by atoms with E-state index in [4.69, 9.17) is 0 Å². The van der Waals surface area contributed by atoms with Gasteiger partial charge in [0.05, 0.1) is 17.0 Å². The second-order valence-corrected chi connectivity index (χ2v) is 11.5. The second kappa shape index (κ2) is 10.6. The number of aryl methyl sites for hydroxylation is 2. The van der Waals surface area contributed by atoms with Crippen LogP contribution in [0.2, 0.25) is 0 Å². The number of hydrogen-bond acceptors (Lipinski definition) is 5. The van der Waals surface area contributed by atoms with E-state index in [9.17, 15) is 14.0 Å². The molecule has 3 aliphatic heterocycles. The molecule has 2 saturated heterocycles. The molecule has 8 heteroatoms. The lowest BCUT2D eigenvalue weighted by Crippen LogP contribution is -2.47. The summed E-state index contributed by atoms with van der Waals surface area (Å²) >= 11 is 0. The first-order valence-electron chi connectivity index (χ1n) is 13.7. The fourth-order valence-electron chi connectivity index (χ4n) is 6.44. The number of amides is 2. The third-order valence-electron chi connectivity index (χ3n) is 8.72. The third-order valence-corrected chi connectivity index (χ3v) is 8.72. The normalized spacial score (nSPS) is 21.1. The summed E-state index contributed by atoms with van der Waals surface area (Å²) in [5.41, 5.74) is 4.21. The molecule has 7 nitrogen and oxygen atoms in total. The van der Waals surface area contributed by atoms with Crippen molar-refractivity contribution < 1.29 is 14.0 Å². The highest BCUT2D eigenvalue weighted by molar-refractivity contribution is 5.97. The molecular formula is C30H38FN5O2. The number of carbonyl (C=O) groups is 2. The number of likely N-dealkylation sites (tertiary alicyclic amines) is 2. The molecule has 202 valence electrons. The number of aromatic nitrogens is 2. The molecule has 0 spiro atoms. The number of hydrogen-bond donors (Lipinski definition) is 0. The molecule has 2 aromatic rings. The average Bonchev–Trinajstić information content (AvgIpc) is 3.46. The standard InChI is InChI=1S/C30H38FN5O2/c1-20(2)28(37)35-12-9-30(10-13-35,25-6-5-7-26(31)14-25)8-11-34-15-23-17-36(18-24(23)16-34)29(38)27-21(3)32-19-33-22(27)4/h5-7,14,17,19-20,24H,8-13,15-16,18H2,1-4H3. The van der Waals surface area contributed by atoms with Gasteiger partial charge >= 0.3 is 0 Å². The Labute approximate surface area is 224 Å². The van der Waals surface area contributed by atoms with Gasteiger partial charge in [0.2, 0.25) is 5.91 Å². The quantitative estimate of drug-likeness (QED) is 0.575. The van der Waals surface area contributed by atoms with Crippen LogP contribution in [0.15, 0.2) is 42.4 Å². The van der Waals surface area contributed by atoms with Crippen molar-refractivity contribution in [2.45, 2.75) is 52.4 Å². The van der Waals surface area contributed by atoms with E-state index in [1.165, 1.54) is 18.0 Å². The first-order chi connectivity index (χ1) is 18.2. The molecule has 5 rings (SSSR count). The Morgan fingerprint density at radius 1 is 1.11 bits per heavy atom. The molecule has 0 saturated carbocycles. The van der Waals surface area contributed by atoms with Crippen LogP contribution in [-0.4, -0.2) is 75.8 Å². The van der Waals surface area contributed by atoms with Gasteiger partial charge in [0.15, 0.2) is 0 Å². The number of carbonyl (C=O) groups excluding carboxylic acids is 2. The minimum atomic E-state index is -0.206. The van der Waals surface area contributed by atoms with Crippen molar-refractivity contribution in [2.24, 2.45) is 11.8 Å². The van der Waals surface area contributed by atoms with Gasteiger partial charge in [-0.05, 0) is 68.3 Å². The lowest BCUT2D eigenvalue weighted by molar-refractivity contribution is -0.136. The van der Waals surface area contributed by atoms with E-state index < -0.39 is 0 Å². The first kappa shape index (κ1) is 26.5. The van der Waals surface area contributed by atoms with Crippen LogP contribution >= 0.6 is 0 Å². The van der Waals surface area contributed by atoms with Crippen LogP contribution in [0.3, 0.4) is 0 Å². The zero-order valence-corrected chi connectivity index (χ0v) is 22.9. The van der Waals surface area contributed by atoms with Gasteiger partial charge in [0, 0.05) is 50.8 Å². The van der Waals surface area contributed by atoms with E-state index in [0.29, 0.717) is 42.5 Å². The van der Waals surface area contributed by atoms with Gasteiger partial charge in [0.1, 0.15) is 12.1 Å². The van der Waals surface area contributed by atoms with Crippen LogP contribution < -0.4 is 0 Å². The molecule has 0 bridgehead atoms. The SMILES string of the molecule is Cc1ncnc(C)c1C(=O)N1C=C2CN(CCC3(c4cccc(F)c4)CCN(C(=O)C(C)C)CC3)CC2C1. The zero-order chi connectivity index (χ0) is 27.0. The van der Waals surface area contributed by atoms with Gasteiger partial charge in [-0.25, -0.2) is 14.4 Å². The lowest BCUT2D eigenvalue weighted by Gasteiger charge is -2.43. The predicted molar refractivity (Wildman–Crippen MR) is 144 cm³/mol. The molecule has 0 N–H and O–H groups in total. The summed E-state index contributed by atoms with van der Waals surface area (Å²) in [6.07, 6.45) is 6.13. The Bertz CT molecular complexity index is 1230. The van der Waals surface area contributed by atoms with Crippen molar-refractivity contribution in [1.82, 2.24) is 24.7 Å². The molecule has 0 radical (unpaired) electrons. The maximum Gasteiger partial charge on any atom is 0.261 e. The van der Waals surface area contributed by atoms with E-state index in [-0.39, 0.29) is 29.0 Å². The minimum absolute atomic E-state index is 0.0114. The van der Waals surface area contributed by atoms with Crippen molar-refractivity contribution in [2.75, 3.05) is 39.3 Å². The monoisotopic (exact) mass is 519 g/mol. The summed E-state index contributed by atoms with van der Waals surface area (Å²) in [7, 11) is 0. The Balaban J connectivity index is 1.26. The summed E-state index contributed by atoms with van der Waals surface area (Å²) in [6.45, 7) is 12.4. The molecule has 0 aliphatic carbocycles. The Kier molecular flexibility index (Phi) is 7.36. The predicted octanol–water partition coefficient (Wildman–Crippen LogP) is 4.11. The Morgan fingerprint density at radius 3 is 2.45 bits per heavy atom. The molecule has 4 heterocycles. The summed E-state index contributed by atoms with van der Waals surface area (Å²) in [4.78, 5) is 40.5. The van der Waals surface area contributed by atoms with Crippen LogP contribution in [0.4, 0.5) is 4.39 Å². The number of rotatable bonds is 6. The summed E-state index contributed by atoms with van der Waals surface area (Å²) in [6, 6.07) is 7.03. The van der Waals surface area contributed by atoms with Gasteiger partial charge in [-0.15, -0.1) is 0 Å². The number of benzene rings is 1. The highest BCUT2D eigenvalue weighted by Gasteiger charge is 2.40. The molecule has 1 unspecified atom stereocenters. The van der Waals surface area contributed by atoms with Crippen molar-refractivity contribution >= 4 is 11.8 Å². The van der Waals surface area contributed by atoms with Gasteiger partial charge in [-0.3, -0.25) is 14.5 Å². The highest BCUT2D eigenvalue weighted by Crippen LogP contribution is 2.40. The highest BCUT2D eigenvalue weighted by atomic mass is 19.1.